The Hall–Kier alpha value is -0.980. The molecular formula is C9H18N2O4. The summed E-state index contributed by atoms with van der Waals surface area (Å²) in [5, 5.41) is 14.1. The molecule has 6 heteroatoms. The van der Waals surface area contributed by atoms with Gasteiger partial charge in [-0.1, -0.05) is 0 Å². The van der Waals surface area contributed by atoms with Crippen molar-refractivity contribution >= 4 is 11.7 Å². The number of rotatable bonds is 8. The lowest BCUT2D eigenvalue weighted by Crippen LogP contribution is -2.39. The van der Waals surface area contributed by atoms with E-state index >= 15 is 0 Å². The fourth-order valence-corrected chi connectivity index (χ4v) is 0.904. The van der Waals surface area contributed by atoms with Crippen LogP contribution in [0.3, 0.4) is 0 Å². The van der Waals surface area contributed by atoms with Crippen LogP contribution in [0.25, 0.3) is 0 Å². The molecule has 0 aliphatic heterocycles. The molecule has 15 heavy (non-hydrogen) atoms. The number of carbonyl (C=O) groups is 2. The van der Waals surface area contributed by atoms with Crippen molar-refractivity contribution in [2.24, 2.45) is 0 Å². The maximum atomic E-state index is 10.6. The Labute approximate surface area is 89.0 Å². The maximum absolute atomic E-state index is 10.6. The van der Waals surface area contributed by atoms with Gasteiger partial charge < -0.3 is 20.5 Å². The van der Waals surface area contributed by atoms with Gasteiger partial charge in [0.05, 0.1) is 19.8 Å². The van der Waals surface area contributed by atoms with Gasteiger partial charge in [0.2, 0.25) is 5.91 Å². The number of aliphatic hydroxyl groups excluding tert-OH is 1. The molecule has 6 nitrogen and oxygen atoms in total. The van der Waals surface area contributed by atoms with Crippen molar-refractivity contribution in [3.8, 4) is 0 Å². The second-order valence-corrected chi connectivity index (χ2v) is 3.12. The Bertz CT molecular complexity index is 208. The van der Waals surface area contributed by atoms with Gasteiger partial charge in [0.25, 0.3) is 0 Å². The summed E-state index contributed by atoms with van der Waals surface area (Å²) >= 11 is 0. The fourth-order valence-electron chi connectivity index (χ4n) is 0.904. The molecule has 0 radical (unpaired) electrons. The van der Waals surface area contributed by atoms with Crippen molar-refractivity contribution in [3.05, 3.63) is 0 Å². The van der Waals surface area contributed by atoms with E-state index in [0.717, 1.165) is 0 Å². The van der Waals surface area contributed by atoms with Crippen molar-refractivity contribution < 1.29 is 19.4 Å². The molecular weight excluding hydrogens is 200 g/mol. The topological polar surface area (TPSA) is 87.7 Å². The molecule has 0 aliphatic carbocycles. The van der Waals surface area contributed by atoms with Crippen LogP contribution in [0, 0.1) is 0 Å². The van der Waals surface area contributed by atoms with Gasteiger partial charge in [0.15, 0.2) is 6.23 Å². The quantitative estimate of drug-likeness (QED) is 0.346. The van der Waals surface area contributed by atoms with Gasteiger partial charge >= 0.3 is 0 Å². The molecule has 1 unspecified atom stereocenters. The highest BCUT2D eigenvalue weighted by atomic mass is 16.5. The number of carbonyl (C=O) groups excluding carboxylic acids is 2. The Morgan fingerprint density at radius 2 is 2.07 bits per heavy atom. The highest BCUT2D eigenvalue weighted by Gasteiger charge is 2.07. The van der Waals surface area contributed by atoms with Crippen molar-refractivity contribution in [3.63, 3.8) is 0 Å². The van der Waals surface area contributed by atoms with Crippen molar-refractivity contribution in [2.45, 2.75) is 20.1 Å². The van der Waals surface area contributed by atoms with Crippen LogP contribution in [0.4, 0.5) is 0 Å². The van der Waals surface area contributed by atoms with Gasteiger partial charge in [-0.15, -0.1) is 0 Å². The van der Waals surface area contributed by atoms with Crippen LogP contribution < -0.4 is 10.6 Å². The van der Waals surface area contributed by atoms with Gasteiger partial charge in [0, 0.05) is 13.5 Å². The highest BCUT2D eigenvalue weighted by molar-refractivity contribution is 5.77. The minimum Gasteiger partial charge on any atom is -0.392 e. The smallest absolute Gasteiger partial charge is 0.218 e. The van der Waals surface area contributed by atoms with Crippen molar-refractivity contribution in [1.29, 1.82) is 0 Å². The molecule has 0 aromatic carbocycles. The van der Waals surface area contributed by atoms with Crippen LogP contribution in [0.1, 0.15) is 13.8 Å². The average Bonchev–Trinajstić information content (AvgIpc) is 2.14. The third-order valence-corrected chi connectivity index (χ3v) is 1.50. The average molecular weight is 218 g/mol. The summed E-state index contributed by atoms with van der Waals surface area (Å²) in [5.74, 6) is -0.207. The molecule has 0 aromatic heterocycles. The summed E-state index contributed by atoms with van der Waals surface area (Å²) in [7, 11) is 0. The number of ether oxygens (including phenoxy) is 1. The molecule has 0 fully saturated rings. The van der Waals surface area contributed by atoms with Crippen LogP contribution >= 0.6 is 0 Å². The second kappa shape index (κ2) is 8.34. The monoisotopic (exact) mass is 218 g/mol. The Kier molecular flexibility index (Phi) is 7.79. The minimum atomic E-state index is -0.679. The van der Waals surface area contributed by atoms with Crippen LogP contribution in [0.5, 0.6) is 0 Å². The zero-order chi connectivity index (χ0) is 11.7. The van der Waals surface area contributed by atoms with Gasteiger partial charge in [0.1, 0.15) is 5.78 Å². The number of hydrogen-bond donors (Lipinski definition) is 3. The van der Waals surface area contributed by atoms with Gasteiger partial charge in [-0.25, -0.2) is 0 Å². The first-order valence-electron chi connectivity index (χ1n) is 4.76. The summed E-state index contributed by atoms with van der Waals surface area (Å²) < 4.78 is 5.13. The predicted octanol–water partition coefficient (Wildman–Crippen LogP) is -1.36. The molecule has 0 spiro atoms. The number of ketones is 1. The molecule has 1 atom stereocenters. The lowest BCUT2D eigenvalue weighted by atomic mass is 10.4. The Morgan fingerprint density at radius 3 is 2.53 bits per heavy atom. The SMILES string of the molecule is CC(=O)CNCCOC(CO)NC(C)=O. The number of Topliss-reactive ketones (excluding diaryl/α,β-unsaturated/α-hetero) is 1. The molecule has 0 aliphatic rings. The number of amides is 1. The van der Waals surface area contributed by atoms with Crippen LogP contribution in [-0.2, 0) is 14.3 Å². The van der Waals surface area contributed by atoms with E-state index in [9.17, 15) is 9.59 Å². The largest absolute Gasteiger partial charge is 0.392 e. The van der Waals surface area contributed by atoms with E-state index in [4.69, 9.17) is 9.84 Å². The molecule has 3 N–H and O–H groups in total. The molecule has 0 aromatic rings. The summed E-state index contributed by atoms with van der Waals surface area (Å²) in [4.78, 5) is 21.2. The van der Waals surface area contributed by atoms with E-state index in [1.54, 1.807) is 0 Å². The zero-order valence-electron chi connectivity index (χ0n) is 9.08. The van der Waals surface area contributed by atoms with Crippen molar-refractivity contribution in [1.82, 2.24) is 10.6 Å². The third kappa shape index (κ3) is 9.33. The molecule has 0 saturated heterocycles. The maximum Gasteiger partial charge on any atom is 0.218 e. The normalized spacial score (nSPS) is 12.2. The van der Waals surface area contributed by atoms with E-state index in [0.29, 0.717) is 19.7 Å². The predicted molar refractivity (Wildman–Crippen MR) is 54.2 cm³/mol. The standard InChI is InChI=1S/C9H18N2O4/c1-7(13)5-10-3-4-15-9(6-12)11-8(2)14/h9-10,12H,3-6H2,1-2H3,(H,11,14). The zero-order valence-corrected chi connectivity index (χ0v) is 9.08. The number of nitrogens with one attached hydrogen (secondary N) is 2. The first-order valence-corrected chi connectivity index (χ1v) is 4.76. The first-order chi connectivity index (χ1) is 7.06. The number of hydrogen-bond acceptors (Lipinski definition) is 5. The van der Waals surface area contributed by atoms with Crippen LogP contribution in [0.15, 0.2) is 0 Å². The number of aliphatic hydroxyl groups is 1. The van der Waals surface area contributed by atoms with Crippen molar-refractivity contribution in [2.75, 3.05) is 26.3 Å². The van der Waals surface area contributed by atoms with Gasteiger partial charge in [-0.2, -0.15) is 0 Å². The second-order valence-electron chi connectivity index (χ2n) is 3.12. The van der Waals surface area contributed by atoms with E-state index in [-0.39, 0.29) is 18.3 Å². The summed E-state index contributed by atoms with van der Waals surface area (Å²) in [6.07, 6.45) is -0.679. The highest BCUT2D eigenvalue weighted by Crippen LogP contribution is 1.85. The molecule has 0 heterocycles. The third-order valence-electron chi connectivity index (χ3n) is 1.50. The van der Waals surface area contributed by atoms with E-state index < -0.39 is 6.23 Å². The lowest BCUT2D eigenvalue weighted by Gasteiger charge is -2.15. The fraction of sp³-hybridized carbons (Fsp3) is 0.778. The molecule has 88 valence electrons. The summed E-state index contributed by atoms with van der Waals surface area (Å²) in [6, 6.07) is 0. The van der Waals surface area contributed by atoms with Crippen LogP contribution in [0.2, 0.25) is 0 Å². The molecule has 1 amide bonds. The Morgan fingerprint density at radius 1 is 1.40 bits per heavy atom. The van der Waals surface area contributed by atoms with Gasteiger partial charge in [-0.05, 0) is 6.92 Å². The van der Waals surface area contributed by atoms with E-state index in [1.165, 1.54) is 13.8 Å². The molecule has 0 rings (SSSR count). The summed E-state index contributed by atoms with van der Waals surface area (Å²) in [6.45, 7) is 3.68. The Balaban J connectivity index is 3.46. The molecule has 0 bridgehead atoms. The van der Waals surface area contributed by atoms with E-state index in [2.05, 4.69) is 10.6 Å². The first kappa shape index (κ1) is 14.0. The minimum absolute atomic E-state index is 0.0515. The molecule has 0 saturated carbocycles. The summed E-state index contributed by atoms with van der Waals surface area (Å²) in [5.41, 5.74) is 0. The van der Waals surface area contributed by atoms with Gasteiger partial charge in [-0.3, -0.25) is 9.59 Å². The van der Waals surface area contributed by atoms with E-state index in [1.807, 2.05) is 0 Å². The van der Waals surface area contributed by atoms with Crippen LogP contribution in [-0.4, -0.2) is 49.3 Å². The lowest BCUT2D eigenvalue weighted by molar-refractivity contribution is -0.124.